The first kappa shape index (κ1) is 15.2. The van der Waals surface area contributed by atoms with Crippen molar-refractivity contribution in [2.75, 3.05) is 20.6 Å². The monoisotopic (exact) mass is 289 g/mol. The number of nitrogens with zero attached hydrogens (tertiary/aromatic N) is 2. The van der Waals surface area contributed by atoms with E-state index in [4.69, 9.17) is 23.2 Å². The van der Waals surface area contributed by atoms with Gasteiger partial charge in [0.25, 0.3) is 5.91 Å². The predicted octanol–water partition coefficient (Wildman–Crippen LogP) is 2.46. The third-order valence-electron chi connectivity index (χ3n) is 2.95. The van der Waals surface area contributed by atoms with Crippen LogP contribution in [0.3, 0.4) is 0 Å². The summed E-state index contributed by atoms with van der Waals surface area (Å²) in [6, 6.07) is 3.11. The average Bonchev–Trinajstić information content (AvgIpc) is 2.25. The van der Waals surface area contributed by atoms with Crippen molar-refractivity contribution in [3.8, 4) is 0 Å². The summed E-state index contributed by atoms with van der Waals surface area (Å²) < 4.78 is 0. The highest BCUT2D eigenvalue weighted by Crippen LogP contribution is 2.17. The van der Waals surface area contributed by atoms with Gasteiger partial charge in [-0.2, -0.15) is 0 Å². The molecular formula is C12H17Cl2N3O. The maximum absolute atomic E-state index is 11.9. The van der Waals surface area contributed by atoms with E-state index >= 15 is 0 Å². The highest BCUT2D eigenvalue weighted by molar-refractivity contribution is 6.34. The Morgan fingerprint density at radius 3 is 2.50 bits per heavy atom. The van der Waals surface area contributed by atoms with E-state index in [9.17, 15) is 4.79 Å². The molecule has 18 heavy (non-hydrogen) atoms. The molecular weight excluding hydrogens is 273 g/mol. The van der Waals surface area contributed by atoms with E-state index in [1.54, 1.807) is 12.1 Å². The number of amides is 1. The van der Waals surface area contributed by atoms with Crippen LogP contribution in [0.25, 0.3) is 0 Å². The molecule has 0 radical (unpaired) electrons. The first-order valence-electron chi connectivity index (χ1n) is 5.52. The molecule has 1 aromatic rings. The average molecular weight is 290 g/mol. The van der Waals surface area contributed by atoms with E-state index in [2.05, 4.69) is 10.3 Å². The minimum Gasteiger partial charge on any atom is -0.350 e. The van der Waals surface area contributed by atoms with E-state index in [1.807, 2.05) is 32.8 Å². The molecule has 1 heterocycles. The number of carbonyl (C=O) groups excluding carboxylic acids is 1. The number of aromatic nitrogens is 1. The van der Waals surface area contributed by atoms with E-state index in [-0.39, 0.29) is 21.8 Å². The number of nitrogens with one attached hydrogen (secondary N) is 1. The fourth-order valence-electron chi connectivity index (χ4n) is 1.13. The van der Waals surface area contributed by atoms with Crippen LogP contribution in [0.4, 0.5) is 0 Å². The van der Waals surface area contributed by atoms with Gasteiger partial charge in [-0.3, -0.25) is 4.79 Å². The minimum atomic E-state index is -0.251. The molecule has 0 aliphatic carbocycles. The lowest BCUT2D eigenvalue weighted by molar-refractivity contribution is 0.0919. The largest absolute Gasteiger partial charge is 0.350 e. The molecule has 0 aromatic carbocycles. The third-order valence-corrected chi connectivity index (χ3v) is 3.45. The Morgan fingerprint density at radius 1 is 1.39 bits per heavy atom. The van der Waals surface area contributed by atoms with Crippen LogP contribution in [0.2, 0.25) is 10.3 Å². The van der Waals surface area contributed by atoms with E-state index in [1.165, 1.54) is 0 Å². The second kappa shape index (κ2) is 5.87. The Bertz CT molecular complexity index is 447. The highest BCUT2D eigenvalue weighted by Gasteiger charge is 2.22. The number of likely N-dealkylation sites (N-methyl/N-ethyl adjacent to an activating group) is 1. The zero-order chi connectivity index (χ0) is 13.9. The molecule has 0 aliphatic rings. The minimum absolute atomic E-state index is 0.114. The topological polar surface area (TPSA) is 45.2 Å². The lowest BCUT2D eigenvalue weighted by atomic mass is 10.0. The molecule has 0 unspecified atom stereocenters. The summed E-state index contributed by atoms with van der Waals surface area (Å²) >= 11 is 11.5. The van der Waals surface area contributed by atoms with Crippen LogP contribution in [0, 0.1) is 0 Å². The van der Waals surface area contributed by atoms with Crippen molar-refractivity contribution in [3.05, 3.63) is 28.0 Å². The number of hydrogen-bond acceptors (Lipinski definition) is 3. The molecule has 0 spiro atoms. The molecule has 1 N–H and O–H groups in total. The van der Waals surface area contributed by atoms with Gasteiger partial charge in [-0.15, -0.1) is 0 Å². The summed E-state index contributed by atoms with van der Waals surface area (Å²) in [6.45, 7) is 4.59. The van der Waals surface area contributed by atoms with Crippen molar-refractivity contribution < 1.29 is 4.79 Å². The van der Waals surface area contributed by atoms with Crippen molar-refractivity contribution in [3.63, 3.8) is 0 Å². The van der Waals surface area contributed by atoms with Crippen molar-refractivity contribution in [1.82, 2.24) is 15.2 Å². The van der Waals surface area contributed by atoms with Gasteiger partial charge in [-0.05, 0) is 40.1 Å². The second-order valence-corrected chi connectivity index (χ2v) is 5.61. The second-order valence-electron chi connectivity index (χ2n) is 4.86. The van der Waals surface area contributed by atoms with Gasteiger partial charge in [0, 0.05) is 12.1 Å². The molecule has 0 saturated heterocycles. The van der Waals surface area contributed by atoms with Gasteiger partial charge in [0.1, 0.15) is 10.3 Å². The van der Waals surface area contributed by atoms with Crippen molar-refractivity contribution >= 4 is 29.1 Å². The van der Waals surface area contributed by atoms with Crippen LogP contribution >= 0.6 is 23.2 Å². The first-order chi connectivity index (χ1) is 8.24. The maximum atomic E-state index is 11.9. The van der Waals surface area contributed by atoms with Gasteiger partial charge in [0.2, 0.25) is 0 Å². The lowest BCUT2D eigenvalue weighted by Crippen LogP contribution is -2.48. The fourth-order valence-corrected chi connectivity index (χ4v) is 1.56. The van der Waals surface area contributed by atoms with Gasteiger partial charge in [-0.1, -0.05) is 23.2 Å². The van der Waals surface area contributed by atoms with Crippen molar-refractivity contribution in [2.45, 2.75) is 19.4 Å². The standard InChI is InChI=1S/C12H17Cl2N3O/c1-12(2,17(3)4)7-15-11(18)8-5-6-9(13)16-10(8)14/h5-6H,7H2,1-4H3,(H,15,18). The number of hydrogen-bond donors (Lipinski definition) is 1. The van der Waals surface area contributed by atoms with Crippen LogP contribution < -0.4 is 5.32 Å². The SMILES string of the molecule is CN(C)C(C)(C)CNC(=O)c1ccc(Cl)nc1Cl. The van der Waals surface area contributed by atoms with E-state index in [0.717, 1.165) is 0 Å². The molecule has 1 amide bonds. The smallest absolute Gasteiger partial charge is 0.254 e. The Morgan fingerprint density at radius 2 is 2.00 bits per heavy atom. The summed E-state index contributed by atoms with van der Waals surface area (Å²) in [7, 11) is 3.92. The Balaban J connectivity index is 2.72. The van der Waals surface area contributed by atoms with Crippen LogP contribution in [-0.2, 0) is 0 Å². The molecule has 0 saturated carbocycles. The van der Waals surface area contributed by atoms with Gasteiger partial charge >= 0.3 is 0 Å². The van der Waals surface area contributed by atoms with Crippen LogP contribution in [0.5, 0.6) is 0 Å². The van der Waals surface area contributed by atoms with Crippen LogP contribution in [-0.4, -0.2) is 42.0 Å². The first-order valence-corrected chi connectivity index (χ1v) is 6.27. The summed E-state index contributed by atoms with van der Waals surface area (Å²) in [5.74, 6) is -0.251. The predicted molar refractivity (Wildman–Crippen MR) is 74.4 cm³/mol. The zero-order valence-electron chi connectivity index (χ0n) is 10.9. The van der Waals surface area contributed by atoms with Gasteiger partial charge in [0.05, 0.1) is 5.56 Å². The molecule has 0 bridgehead atoms. The zero-order valence-corrected chi connectivity index (χ0v) is 12.4. The van der Waals surface area contributed by atoms with Gasteiger partial charge in [0.15, 0.2) is 0 Å². The normalized spacial score (nSPS) is 11.7. The number of pyridine rings is 1. The van der Waals surface area contributed by atoms with Gasteiger partial charge < -0.3 is 10.2 Å². The number of carbonyl (C=O) groups is 1. The molecule has 1 aromatic heterocycles. The fraction of sp³-hybridized carbons (Fsp3) is 0.500. The molecule has 4 nitrogen and oxygen atoms in total. The van der Waals surface area contributed by atoms with E-state index in [0.29, 0.717) is 12.1 Å². The van der Waals surface area contributed by atoms with E-state index < -0.39 is 0 Å². The summed E-state index contributed by atoms with van der Waals surface area (Å²) in [5, 5.41) is 3.21. The lowest BCUT2D eigenvalue weighted by Gasteiger charge is -2.32. The highest BCUT2D eigenvalue weighted by atomic mass is 35.5. The summed E-state index contributed by atoms with van der Waals surface area (Å²) in [5.41, 5.74) is 0.192. The third kappa shape index (κ3) is 3.83. The number of halogens is 2. The molecule has 6 heteroatoms. The Kier molecular flexibility index (Phi) is 4.96. The molecule has 0 fully saturated rings. The molecule has 1 rings (SSSR count). The van der Waals surface area contributed by atoms with Crippen LogP contribution in [0.15, 0.2) is 12.1 Å². The van der Waals surface area contributed by atoms with Crippen LogP contribution in [0.1, 0.15) is 24.2 Å². The molecule has 0 atom stereocenters. The van der Waals surface area contributed by atoms with Gasteiger partial charge in [-0.25, -0.2) is 4.98 Å². The Hall–Kier alpha value is -0.840. The molecule has 100 valence electrons. The summed E-state index contributed by atoms with van der Waals surface area (Å²) in [6.07, 6.45) is 0. The quantitative estimate of drug-likeness (QED) is 0.866. The number of rotatable bonds is 4. The molecule has 0 aliphatic heterocycles. The Labute approximate surface area is 117 Å². The maximum Gasteiger partial charge on any atom is 0.254 e. The van der Waals surface area contributed by atoms with Crippen molar-refractivity contribution in [1.29, 1.82) is 0 Å². The summed E-state index contributed by atoms with van der Waals surface area (Å²) in [4.78, 5) is 17.8. The van der Waals surface area contributed by atoms with Crippen molar-refractivity contribution in [2.24, 2.45) is 0 Å².